The molecule has 0 spiro atoms. The van der Waals surface area contributed by atoms with Gasteiger partial charge in [-0.25, -0.2) is 9.59 Å². The van der Waals surface area contributed by atoms with Crippen molar-refractivity contribution in [3.63, 3.8) is 0 Å². The summed E-state index contributed by atoms with van der Waals surface area (Å²) in [5.74, 6) is -1.19. The highest BCUT2D eigenvalue weighted by Crippen LogP contribution is 2.21. The molecule has 0 aliphatic carbocycles. The average molecular weight is 292 g/mol. The van der Waals surface area contributed by atoms with Crippen LogP contribution in [0, 0.1) is 0 Å². The predicted octanol–water partition coefficient (Wildman–Crippen LogP) is 0.838. The van der Waals surface area contributed by atoms with Gasteiger partial charge in [-0.05, 0) is 18.2 Å². The van der Waals surface area contributed by atoms with E-state index in [4.69, 9.17) is 5.11 Å². The first-order valence-corrected chi connectivity index (χ1v) is 5.92. The van der Waals surface area contributed by atoms with E-state index in [9.17, 15) is 14.7 Å². The summed E-state index contributed by atoms with van der Waals surface area (Å²) in [6, 6.07) is 3.23. The molecular weight excluding hydrogens is 280 g/mol. The zero-order chi connectivity index (χ0) is 15.2. The number of hydrogen-bond donors (Lipinski definition) is 4. The van der Waals surface area contributed by atoms with Crippen LogP contribution < -0.4 is 10.6 Å². The summed E-state index contributed by atoms with van der Waals surface area (Å²) >= 11 is 0. The molecule has 9 nitrogen and oxygen atoms in total. The molecule has 9 heteroatoms. The van der Waals surface area contributed by atoms with E-state index in [0.717, 1.165) is 6.07 Å². The molecule has 4 N–H and O–H groups in total. The summed E-state index contributed by atoms with van der Waals surface area (Å²) in [6.07, 6.45) is 1.60. The number of aromatic hydroxyl groups is 1. The molecule has 0 aliphatic heterocycles. The standard InChI is InChI=1S/C12H12N4O5/c17-9-2-1-7(5-8(9)11(18)19)15-12(20)13-4-3-10-14-6-21-16-10/h1-2,5-6,17H,3-4H2,(H,18,19)(H2,13,15,20). The maximum Gasteiger partial charge on any atom is 0.339 e. The van der Waals surface area contributed by atoms with Crippen LogP contribution in [0.2, 0.25) is 0 Å². The van der Waals surface area contributed by atoms with Crippen molar-refractivity contribution in [3.05, 3.63) is 36.0 Å². The van der Waals surface area contributed by atoms with Crippen molar-refractivity contribution in [1.29, 1.82) is 0 Å². The molecule has 1 heterocycles. The second kappa shape index (κ2) is 6.37. The molecular formula is C12H12N4O5. The van der Waals surface area contributed by atoms with Gasteiger partial charge in [-0.3, -0.25) is 0 Å². The summed E-state index contributed by atoms with van der Waals surface area (Å²) in [7, 11) is 0. The number of phenols is 1. The number of carbonyl (C=O) groups excluding carboxylic acids is 1. The van der Waals surface area contributed by atoms with Crippen LogP contribution in [0.3, 0.4) is 0 Å². The number of benzene rings is 1. The van der Waals surface area contributed by atoms with Crippen LogP contribution in [0.1, 0.15) is 16.2 Å². The number of carboxylic acids is 1. The minimum Gasteiger partial charge on any atom is -0.507 e. The van der Waals surface area contributed by atoms with E-state index < -0.39 is 12.0 Å². The molecule has 110 valence electrons. The molecule has 0 fully saturated rings. The van der Waals surface area contributed by atoms with Crippen LogP contribution in [0.4, 0.5) is 10.5 Å². The Kier molecular flexibility index (Phi) is 4.34. The highest BCUT2D eigenvalue weighted by Gasteiger charge is 2.11. The zero-order valence-electron chi connectivity index (χ0n) is 10.7. The van der Waals surface area contributed by atoms with Gasteiger partial charge in [0.05, 0.1) is 0 Å². The number of carboxylic acid groups (broad SMARTS) is 1. The molecule has 0 saturated carbocycles. The number of aromatic carboxylic acids is 1. The van der Waals surface area contributed by atoms with Crippen molar-refractivity contribution >= 4 is 17.7 Å². The molecule has 2 aromatic rings. The first kappa shape index (κ1) is 14.3. The van der Waals surface area contributed by atoms with Crippen molar-refractivity contribution in [3.8, 4) is 5.75 Å². The lowest BCUT2D eigenvalue weighted by atomic mass is 10.2. The molecule has 2 rings (SSSR count). The van der Waals surface area contributed by atoms with Crippen LogP contribution >= 0.6 is 0 Å². The number of urea groups is 1. The Morgan fingerprint density at radius 1 is 1.33 bits per heavy atom. The van der Waals surface area contributed by atoms with Gasteiger partial charge in [-0.1, -0.05) is 5.16 Å². The topological polar surface area (TPSA) is 138 Å². The highest BCUT2D eigenvalue weighted by atomic mass is 16.5. The predicted molar refractivity (Wildman–Crippen MR) is 70.1 cm³/mol. The SMILES string of the molecule is O=C(NCCc1ncon1)Nc1ccc(O)c(C(=O)O)c1. The van der Waals surface area contributed by atoms with Gasteiger partial charge >= 0.3 is 12.0 Å². The van der Waals surface area contributed by atoms with Crippen molar-refractivity contribution in [2.24, 2.45) is 0 Å². The van der Waals surface area contributed by atoms with E-state index in [1.807, 2.05) is 0 Å². The Bertz CT molecular complexity index is 641. The molecule has 0 saturated heterocycles. The molecule has 2 amide bonds. The third kappa shape index (κ3) is 3.93. The summed E-state index contributed by atoms with van der Waals surface area (Å²) in [6.45, 7) is 0.287. The monoisotopic (exact) mass is 292 g/mol. The first-order chi connectivity index (χ1) is 10.1. The number of hydrogen-bond acceptors (Lipinski definition) is 6. The Hall–Kier alpha value is -3.10. The number of nitrogens with zero attached hydrogens (tertiary/aromatic N) is 2. The summed E-state index contributed by atoms with van der Waals surface area (Å²) in [5.41, 5.74) is -0.0399. The Labute approximate surface area is 118 Å². The summed E-state index contributed by atoms with van der Waals surface area (Å²) < 4.78 is 4.55. The third-order valence-electron chi connectivity index (χ3n) is 2.53. The van der Waals surface area contributed by atoms with Gasteiger partial charge in [0.15, 0.2) is 5.82 Å². The van der Waals surface area contributed by atoms with E-state index in [2.05, 4.69) is 25.3 Å². The van der Waals surface area contributed by atoms with Gasteiger partial charge in [0, 0.05) is 18.7 Å². The van der Waals surface area contributed by atoms with E-state index >= 15 is 0 Å². The minimum absolute atomic E-state index is 0.252. The lowest BCUT2D eigenvalue weighted by Crippen LogP contribution is -2.30. The number of aromatic nitrogens is 2. The molecule has 1 aromatic carbocycles. The van der Waals surface area contributed by atoms with Gasteiger partial charge in [0.25, 0.3) is 0 Å². The average Bonchev–Trinajstić information content (AvgIpc) is 2.94. The molecule has 0 bridgehead atoms. The van der Waals surface area contributed by atoms with E-state index in [1.54, 1.807) is 0 Å². The van der Waals surface area contributed by atoms with Gasteiger partial charge in [-0.15, -0.1) is 0 Å². The van der Waals surface area contributed by atoms with Gasteiger partial charge < -0.3 is 25.4 Å². The van der Waals surface area contributed by atoms with E-state index in [1.165, 1.54) is 18.5 Å². The molecule has 0 radical (unpaired) electrons. The normalized spacial score (nSPS) is 10.1. The number of anilines is 1. The lowest BCUT2D eigenvalue weighted by Gasteiger charge is -2.08. The van der Waals surface area contributed by atoms with Gasteiger partial charge in [-0.2, -0.15) is 4.98 Å². The van der Waals surface area contributed by atoms with Gasteiger partial charge in [0.2, 0.25) is 6.39 Å². The fourth-order valence-electron chi connectivity index (χ4n) is 1.55. The maximum absolute atomic E-state index is 11.6. The Balaban J connectivity index is 1.87. The van der Waals surface area contributed by atoms with Crippen molar-refractivity contribution < 1.29 is 24.3 Å². The second-order valence-corrected chi connectivity index (χ2v) is 4.02. The Morgan fingerprint density at radius 3 is 2.81 bits per heavy atom. The van der Waals surface area contributed by atoms with Crippen LogP contribution in [0.15, 0.2) is 29.1 Å². The number of nitrogens with one attached hydrogen (secondary N) is 2. The largest absolute Gasteiger partial charge is 0.507 e. The number of rotatable bonds is 5. The summed E-state index contributed by atoms with van der Waals surface area (Å²) in [5, 5.41) is 26.8. The van der Waals surface area contributed by atoms with Crippen LogP contribution in [-0.2, 0) is 6.42 Å². The molecule has 0 atom stereocenters. The number of carbonyl (C=O) groups is 2. The highest BCUT2D eigenvalue weighted by molar-refractivity contribution is 5.95. The van der Waals surface area contributed by atoms with Crippen LogP contribution in [0.5, 0.6) is 5.75 Å². The van der Waals surface area contributed by atoms with Crippen LogP contribution in [-0.4, -0.2) is 38.9 Å². The molecule has 0 unspecified atom stereocenters. The van der Waals surface area contributed by atoms with E-state index in [0.29, 0.717) is 12.2 Å². The quantitative estimate of drug-likeness (QED) is 0.599. The fraction of sp³-hybridized carbons (Fsp3) is 0.167. The maximum atomic E-state index is 11.6. The first-order valence-electron chi connectivity index (χ1n) is 5.92. The smallest absolute Gasteiger partial charge is 0.339 e. The third-order valence-corrected chi connectivity index (χ3v) is 2.53. The van der Waals surface area contributed by atoms with Crippen LogP contribution in [0.25, 0.3) is 0 Å². The Morgan fingerprint density at radius 2 is 2.14 bits per heavy atom. The molecule has 1 aromatic heterocycles. The fourth-order valence-corrected chi connectivity index (χ4v) is 1.55. The van der Waals surface area contributed by atoms with E-state index in [-0.39, 0.29) is 23.5 Å². The zero-order valence-corrected chi connectivity index (χ0v) is 10.7. The number of amides is 2. The second-order valence-electron chi connectivity index (χ2n) is 4.02. The minimum atomic E-state index is -1.28. The van der Waals surface area contributed by atoms with Crippen molar-refractivity contribution in [2.75, 3.05) is 11.9 Å². The molecule has 0 aliphatic rings. The summed E-state index contributed by atoms with van der Waals surface area (Å²) in [4.78, 5) is 26.3. The van der Waals surface area contributed by atoms with Crippen molar-refractivity contribution in [2.45, 2.75) is 6.42 Å². The molecule has 21 heavy (non-hydrogen) atoms. The van der Waals surface area contributed by atoms with Gasteiger partial charge in [0.1, 0.15) is 11.3 Å². The lowest BCUT2D eigenvalue weighted by molar-refractivity contribution is 0.0693. The van der Waals surface area contributed by atoms with Crippen molar-refractivity contribution in [1.82, 2.24) is 15.5 Å².